The molecular formula is C24H29N3O4. The maximum Gasteiger partial charge on any atom is 0.277 e. The number of imide groups is 1. The number of hydrogen-bond acceptors (Lipinski definition) is 6. The van der Waals surface area contributed by atoms with Crippen molar-refractivity contribution in [1.29, 1.82) is 0 Å². The van der Waals surface area contributed by atoms with Gasteiger partial charge in [-0.3, -0.25) is 19.5 Å². The van der Waals surface area contributed by atoms with Crippen molar-refractivity contribution in [2.24, 2.45) is 0 Å². The van der Waals surface area contributed by atoms with Crippen molar-refractivity contribution in [3.63, 3.8) is 0 Å². The second-order valence-corrected chi connectivity index (χ2v) is 7.22. The smallest absolute Gasteiger partial charge is 0.277 e. The maximum absolute atomic E-state index is 13.4. The molecule has 1 aromatic heterocycles. The molecule has 7 nitrogen and oxygen atoms in total. The maximum atomic E-state index is 13.4. The van der Waals surface area contributed by atoms with Gasteiger partial charge in [0.25, 0.3) is 11.8 Å². The van der Waals surface area contributed by atoms with E-state index in [4.69, 9.17) is 9.47 Å². The quantitative estimate of drug-likeness (QED) is 0.409. The first kappa shape index (κ1) is 22.5. The number of rotatable bonds is 11. The van der Waals surface area contributed by atoms with Gasteiger partial charge in [0.05, 0.1) is 12.7 Å². The lowest BCUT2D eigenvalue weighted by Gasteiger charge is -2.25. The zero-order chi connectivity index (χ0) is 22.2. The SMILES string of the molecule is CCN(CCc1ccncc1)C1=C(c2ccccc2OC)C(=O)N(CCCOC)C1=O. The van der Waals surface area contributed by atoms with Gasteiger partial charge in [-0.2, -0.15) is 0 Å². The highest BCUT2D eigenvalue weighted by atomic mass is 16.5. The summed E-state index contributed by atoms with van der Waals surface area (Å²) in [6, 6.07) is 11.2. The number of hydrogen-bond donors (Lipinski definition) is 0. The number of amides is 2. The second kappa shape index (κ2) is 10.7. The van der Waals surface area contributed by atoms with Crippen LogP contribution in [-0.4, -0.2) is 67.1 Å². The Balaban J connectivity index is 1.99. The van der Waals surface area contributed by atoms with E-state index in [0.717, 1.165) is 12.0 Å². The first-order chi connectivity index (χ1) is 15.1. The molecule has 1 aromatic carbocycles. The van der Waals surface area contributed by atoms with Crippen LogP contribution >= 0.6 is 0 Å². The fourth-order valence-corrected chi connectivity index (χ4v) is 3.76. The number of nitrogens with zero attached hydrogens (tertiary/aromatic N) is 3. The van der Waals surface area contributed by atoms with Crippen molar-refractivity contribution < 1.29 is 19.1 Å². The molecule has 0 radical (unpaired) electrons. The third-order valence-corrected chi connectivity index (χ3v) is 5.37. The summed E-state index contributed by atoms with van der Waals surface area (Å²) >= 11 is 0. The van der Waals surface area contributed by atoms with E-state index >= 15 is 0 Å². The van der Waals surface area contributed by atoms with E-state index in [2.05, 4.69) is 4.98 Å². The minimum atomic E-state index is -0.289. The Morgan fingerprint density at radius 3 is 2.45 bits per heavy atom. The fourth-order valence-electron chi connectivity index (χ4n) is 3.76. The minimum absolute atomic E-state index is 0.265. The number of pyridine rings is 1. The Morgan fingerprint density at radius 2 is 1.77 bits per heavy atom. The Labute approximate surface area is 183 Å². The Kier molecular flexibility index (Phi) is 7.78. The lowest BCUT2D eigenvalue weighted by Crippen LogP contribution is -2.36. The van der Waals surface area contributed by atoms with Gasteiger partial charge in [-0.15, -0.1) is 0 Å². The first-order valence-corrected chi connectivity index (χ1v) is 10.5. The fraction of sp³-hybridized carbons (Fsp3) is 0.375. The molecule has 1 aliphatic rings. The van der Waals surface area contributed by atoms with Crippen LogP contribution in [0.1, 0.15) is 24.5 Å². The first-order valence-electron chi connectivity index (χ1n) is 10.5. The van der Waals surface area contributed by atoms with Crippen molar-refractivity contribution in [1.82, 2.24) is 14.8 Å². The van der Waals surface area contributed by atoms with Gasteiger partial charge in [0.1, 0.15) is 11.4 Å². The van der Waals surface area contributed by atoms with E-state index in [-0.39, 0.29) is 11.8 Å². The van der Waals surface area contributed by atoms with Crippen LogP contribution in [0, 0.1) is 0 Å². The summed E-state index contributed by atoms with van der Waals surface area (Å²) in [6.07, 6.45) is 4.84. The van der Waals surface area contributed by atoms with Crippen LogP contribution in [-0.2, 0) is 20.7 Å². The largest absolute Gasteiger partial charge is 0.496 e. The number of ether oxygens (including phenoxy) is 2. The van der Waals surface area contributed by atoms with E-state index in [0.29, 0.717) is 55.2 Å². The van der Waals surface area contributed by atoms with Crippen LogP contribution in [0.15, 0.2) is 54.5 Å². The number of benzene rings is 1. The number of likely N-dealkylation sites (N-methyl/N-ethyl adjacent to an activating group) is 1. The van der Waals surface area contributed by atoms with E-state index in [1.54, 1.807) is 32.7 Å². The summed E-state index contributed by atoms with van der Waals surface area (Å²) in [5.41, 5.74) is 2.59. The molecule has 2 heterocycles. The summed E-state index contributed by atoms with van der Waals surface area (Å²) in [6.45, 7) is 4.00. The van der Waals surface area contributed by atoms with Gasteiger partial charge in [0.15, 0.2) is 0 Å². The lowest BCUT2D eigenvalue weighted by atomic mass is 10.0. The van der Waals surface area contributed by atoms with E-state index in [1.807, 2.05) is 42.2 Å². The highest BCUT2D eigenvalue weighted by Crippen LogP contribution is 2.36. The average Bonchev–Trinajstić information content (AvgIpc) is 3.05. The molecule has 2 aromatic rings. The molecule has 3 rings (SSSR count). The molecule has 0 spiro atoms. The van der Waals surface area contributed by atoms with Crippen LogP contribution in [0.4, 0.5) is 0 Å². The zero-order valence-electron chi connectivity index (χ0n) is 18.3. The highest BCUT2D eigenvalue weighted by molar-refractivity contribution is 6.36. The molecule has 0 saturated carbocycles. The van der Waals surface area contributed by atoms with Crippen molar-refractivity contribution in [2.75, 3.05) is 40.5 Å². The second-order valence-electron chi connectivity index (χ2n) is 7.22. The standard InChI is InChI=1S/C24H29N3O4/c1-4-26(16-12-18-10-13-25-14-11-18)22-21(19-8-5-6-9-20(19)31-3)23(28)27(24(22)29)15-7-17-30-2/h5-6,8-11,13-14H,4,7,12,15-17H2,1-3H3. The van der Waals surface area contributed by atoms with Crippen molar-refractivity contribution >= 4 is 17.4 Å². The Morgan fingerprint density at radius 1 is 1.03 bits per heavy atom. The summed E-state index contributed by atoms with van der Waals surface area (Å²) in [4.78, 5) is 34.2. The number of para-hydroxylation sites is 1. The van der Waals surface area contributed by atoms with Crippen LogP contribution in [0.25, 0.3) is 5.57 Å². The van der Waals surface area contributed by atoms with E-state index in [1.165, 1.54) is 4.90 Å². The molecule has 0 unspecified atom stereocenters. The van der Waals surface area contributed by atoms with Crippen LogP contribution in [0.3, 0.4) is 0 Å². The molecule has 0 N–H and O–H groups in total. The molecular weight excluding hydrogens is 394 g/mol. The zero-order valence-corrected chi connectivity index (χ0v) is 18.3. The topological polar surface area (TPSA) is 72.0 Å². The number of carbonyl (C=O) groups excluding carboxylic acids is 2. The van der Waals surface area contributed by atoms with Crippen LogP contribution in [0.2, 0.25) is 0 Å². The summed E-state index contributed by atoms with van der Waals surface area (Å²) in [5, 5.41) is 0. The van der Waals surface area contributed by atoms with Crippen LogP contribution < -0.4 is 4.74 Å². The molecule has 164 valence electrons. The predicted octanol–water partition coefficient (Wildman–Crippen LogP) is 2.77. The summed E-state index contributed by atoms with van der Waals surface area (Å²) in [7, 11) is 3.17. The van der Waals surface area contributed by atoms with Crippen molar-refractivity contribution in [2.45, 2.75) is 19.8 Å². The van der Waals surface area contributed by atoms with Gasteiger partial charge >= 0.3 is 0 Å². The van der Waals surface area contributed by atoms with Crippen LogP contribution in [0.5, 0.6) is 5.75 Å². The van der Waals surface area contributed by atoms with E-state index < -0.39 is 0 Å². The highest BCUT2D eigenvalue weighted by Gasteiger charge is 2.41. The molecule has 0 aliphatic carbocycles. The van der Waals surface area contributed by atoms with Crippen molar-refractivity contribution in [3.05, 3.63) is 65.6 Å². The molecule has 2 amide bonds. The molecule has 0 fully saturated rings. The van der Waals surface area contributed by atoms with Crippen molar-refractivity contribution in [3.8, 4) is 5.75 Å². The third kappa shape index (κ3) is 4.94. The average molecular weight is 424 g/mol. The monoisotopic (exact) mass is 423 g/mol. The lowest BCUT2D eigenvalue weighted by molar-refractivity contribution is -0.137. The Hall–Kier alpha value is -3.19. The number of aromatic nitrogens is 1. The third-order valence-electron chi connectivity index (χ3n) is 5.37. The van der Waals surface area contributed by atoms with Gasteiger partial charge in [0, 0.05) is 51.3 Å². The summed E-state index contributed by atoms with van der Waals surface area (Å²) in [5.74, 6) is 0.0154. The summed E-state index contributed by atoms with van der Waals surface area (Å²) < 4.78 is 10.6. The molecule has 31 heavy (non-hydrogen) atoms. The number of carbonyl (C=O) groups is 2. The van der Waals surface area contributed by atoms with Gasteiger partial charge in [0.2, 0.25) is 0 Å². The molecule has 1 aliphatic heterocycles. The normalized spacial score (nSPS) is 13.8. The predicted molar refractivity (Wildman–Crippen MR) is 118 cm³/mol. The molecule has 0 bridgehead atoms. The van der Waals surface area contributed by atoms with Gasteiger partial charge < -0.3 is 14.4 Å². The van der Waals surface area contributed by atoms with E-state index in [9.17, 15) is 9.59 Å². The van der Waals surface area contributed by atoms with Gasteiger partial charge in [-0.05, 0) is 43.5 Å². The van der Waals surface area contributed by atoms with Gasteiger partial charge in [-0.25, -0.2) is 0 Å². The number of methoxy groups -OCH3 is 2. The minimum Gasteiger partial charge on any atom is -0.496 e. The van der Waals surface area contributed by atoms with Gasteiger partial charge in [-0.1, -0.05) is 18.2 Å². The molecule has 0 saturated heterocycles. The molecule has 7 heteroatoms. The molecule has 0 atom stereocenters. The Bertz CT molecular complexity index is 943.